The molecule has 8 heteroatoms. The number of nitrogens with zero attached hydrogens (tertiary/aromatic N) is 1. The van der Waals surface area contributed by atoms with Gasteiger partial charge in [0, 0.05) is 5.56 Å². The standard InChI is InChI=1S/C19H18F3NO4/c1-3-26-17(24)11-13-7-4-5-10-16(13)18(23-25-2)27-15-9-6-8-14(12-15)19(20,21)22/h4-10,12H,3,11H2,1-2H3/b23-18+. The highest BCUT2D eigenvalue weighted by Gasteiger charge is 2.30. The number of carbonyl (C=O) groups is 1. The molecule has 0 unspecified atom stereocenters. The molecule has 27 heavy (non-hydrogen) atoms. The number of rotatable bonds is 6. The second-order valence-corrected chi connectivity index (χ2v) is 5.35. The van der Waals surface area contributed by atoms with Gasteiger partial charge < -0.3 is 14.3 Å². The quantitative estimate of drug-likeness (QED) is 0.326. The van der Waals surface area contributed by atoms with Crippen LogP contribution < -0.4 is 4.74 Å². The molecule has 0 spiro atoms. The lowest BCUT2D eigenvalue weighted by Gasteiger charge is -2.13. The van der Waals surface area contributed by atoms with E-state index >= 15 is 0 Å². The molecule has 2 aromatic rings. The first-order chi connectivity index (χ1) is 12.8. The maximum absolute atomic E-state index is 12.9. The van der Waals surface area contributed by atoms with Crippen molar-refractivity contribution in [2.75, 3.05) is 13.7 Å². The van der Waals surface area contributed by atoms with Crippen LogP contribution in [0.25, 0.3) is 0 Å². The predicted octanol–water partition coefficient (Wildman–Crippen LogP) is 4.20. The van der Waals surface area contributed by atoms with Gasteiger partial charge in [-0.1, -0.05) is 24.3 Å². The van der Waals surface area contributed by atoms with E-state index in [1.165, 1.54) is 19.2 Å². The fourth-order valence-electron chi connectivity index (χ4n) is 2.30. The molecule has 0 aliphatic rings. The third-order valence-corrected chi connectivity index (χ3v) is 3.44. The maximum atomic E-state index is 12.9. The molecule has 0 aliphatic carbocycles. The largest absolute Gasteiger partial charge is 0.466 e. The second kappa shape index (κ2) is 9.07. The maximum Gasteiger partial charge on any atom is 0.416 e. The van der Waals surface area contributed by atoms with Gasteiger partial charge in [-0.25, -0.2) is 0 Å². The van der Waals surface area contributed by atoms with E-state index in [0.29, 0.717) is 11.1 Å². The van der Waals surface area contributed by atoms with Crippen molar-refractivity contribution in [2.24, 2.45) is 5.16 Å². The molecule has 0 fully saturated rings. The lowest BCUT2D eigenvalue weighted by molar-refractivity contribution is -0.142. The Bertz CT molecular complexity index is 819. The van der Waals surface area contributed by atoms with Gasteiger partial charge in [0.05, 0.1) is 18.6 Å². The van der Waals surface area contributed by atoms with Crippen molar-refractivity contribution in [1.82, 2.24) is 0 Å². The number of oxime groups is 1. The lowest BCUT2D eigenvalue weighted by Crippen LogP contribution is -2.17. The molecule has 0 saturated heterocycles. The summed E-state index contributed by atoms with van der Waals surface area (Å²) in [7, 11) is 1.28. The Labute approximate surface area is 154 Å². The van der Waals surface area contributed by atoms with Crippen LogP contribution in [0.15, 0.2) is 53.7 Å². The minimum atomic E-state index is -4.50. The van der Waals surface area contributed by atoms with Gasteiger partial charge in [0.25, 0.3) is 5.90 Å². The molecule has 2 aromatic carbocycles. The van der Waals surface area contributed by atoms with Crippen LogP contribution >= 0.6 is 0 Å². The summed E-state index contributed by atoms with van der Waals surface area (Å²) in [6.45, 7) is 1.93. The van der Waals surface area contributed by atoms with Crippen LogP contribution in [0.5, 0.6) is 5.75 Å². The number of esters is 1. The lowest BCUT2D eigenvalue weighted by atomic mass is 10.0. The molecular formula is C19H18F3NO4. The monoisotopic (exact) mass is 381 g/mol. The summed E-state index contributed by atoms with van der Waals surface area (Å²) in [5.41, 5.74) is 0.0973. The molecule has 0 aliphatic heterocycles. The van der Waals surface area contributed by atoms with Gasteiger partial charge in [0.15, 0.2) is 0 Å². The summed E-state index contributed by atoms with van der Waals surface area (Å²) in [6.07, 6.45) is -4.54. The molecule has 0 N–H and O–H groups in total. The van der Waals surface area contributed by atoms with Gasteiger partial charge in [0.1, 0.15) is 12.9 Å². The van der Waals surface area contributed by atoms with Crippen molar-refractivity contribution in [3.05, 3.63) is 65.2 Å². The van der Waals surface area contributed by atoms with E-state index < -0.39 is 17.7 Å². The van der Waals surface area contributed by atoms with E-state index in [-0.39, 0.29) is 24.7 Å². The van der Waals surface area contributed by atoms with E-state index in [9.17, 15) is 18.0 Å². The Morgan fingerprint density at radius 1 is 1.11 bits per heavy atom. The summed E-state index contributed by atoms with van der Waals surface area (Å²) in [6, 6.07) is 11.1. The van der Waals surface area contributed by atoms with Gasteiger partial charge in [-0.15, -0.1) is 0 Å². The number of alkyl halides is 3. The van der Waals surface area contributed by atoms with Gasteiger partial charge in [0.2, 0.25) is 0 Å². The van der Waals surface area contributed by atoms with Crippen LogP contribution in [0.4, 0.5) is 13.2 Å². The minimum Gasteiger partial charge on any atom is -0.466 e. The van der Waals surface area contributed by atoms with E-state index in [1.807, 2.05) is 0 Å². The van der Waals surface area contributed by atoms with Crippen LogP contribution in [0, 0.1) is 0 Å². The topological polar surface area (TPSA) is 57.1 Å². The molecule has 5 nitrogen and oxygen atoms in total. The number of halogens is 3. The number of ether oxygens (including phenoxy) is 2. The van der Waals surface area contributed by atoms with Crippen molar-refractivity contribution >= 4 is 11.9 Å². The molecular weight excluding hydrogens is 363 g/mol. The summed E-state index contributed by atoms with van der Waals surface area (Å²) >= 11 is 0. The molecule has 2 rings (SSSR count). The van der Waals surface area contributed by atoms with E-state index in [2.05, 4.69) is 5.16 Å². The van der Waals surface area contributed by atoms with Crippen molar-refractivity contribution in [3.63, 3.8) is 0 Å². The van der Waals surface area contributed by atoms with E-state index in [1.54, 1.807) is 31.2 Å². The van der Waals surface area contributed by atoms with Crippen LogP contribution in [0.1, 0.15) is 23.6 Å². The van der Waals surface area contributed by atoms with Crippen molar-refractivity contribution in [2.45, 2.75) is 19.5 Å². The highest BCUT2D eigenvalue weighted by molar-refractivity contribution is 5.97. The fourth-order valence-corrected chi connectivity index (χ4v) is 2.30. The van der Waals surface area contributed by atoms with Gasteiger partial charge in [-0.3, -0.25) is 4.79 Å². The molecule has 0 saturated carbocycles. The number of hydrogen-bond acceptors (Lipinski definition) is 5. The number of benzene rings is 2. The second-order valence-electron chi connectivity index (χ2n) is 5.35. The van der Waals surface area contributed by atoms with Crippen LogP contribution in [0.2, 0.25) is 0 Å². The fraction of sp³-hybridized carbons (Fsp3) is 0.263. The van der Waals surface area contributed by atoms with Crippen molar-refractivity contribution in [1.29, 1.82) is 0 Å². The van der Waals surface area contributed by atoms with Crippen molar-refractivity contribution < 1.29 is 32.3 Å². The van der Waals surface area contributed by atoms with Crippen LogP contribution in [0.3, 0.4) is 0 Å². The Balaban J connectivity index is 2.34. The first-order valence-corrected chi connectivity index (χ1v) is 8.05. The van der Waals surface area contributed by atoms with Crippen LogP contribution in [-0.2, 0) is 27.0 Å². The molecule has 0 heterocycles. The smallest absolute Gasteiger partial charge is 0.416 e. The third-order valence-electron chi connectivity index (χ3n) is 3.44. The zero-order valence-corrected chi connectivity index (χ0v) is 14.7. The highest BCUT2D eigenvalue weighted by atomic mass is 19.4. The molecule has 0 radical (unpaired) electrons. The molecule has 0 atom stereocenters. The first-order valence-electron chi connectivity index (χ1n) is 8.05. The average Bonchev–Trinajstić information content (AvgIpc) is 2.61. The molecule has 0 amide bonds. The molecule has 0 bridgehead atoms. The SMILES string of the molecule is CCOC(=O)Cc1ccccc1/C(=N\OC)Oc1cccc(C(F)(F)F)c1. The van der Waals surface area contributed by atoms with E-state index in [0.717, 1.165) is 12.1 Å². The summed E-state index contributed by atoms with van der Waals surface area (Å²) in [5, 5.41) is 3.76. The van der Waals surface area contributed by atoms with Crippen molar-refractivity contribution in [3.8, 4) is 5.75 Å². The number of hydrogen-bond donors (Lipinski definition) is 0. The Kier molecular flexibility index (Phi) is 6.81. The third kappa shape index (κ3) is 5.73. The predicted molar refractivity (Wildman–Crippen MR) is 92.4 cm³/mol. The molecule has 144 valence electrons. The number of carbonyl (C=O) groups excluding carboxylic acids is 1. The Morgan fingerprint density at radius 2 is 1.85 bits per heavy atom. The van der Waals surface area contributed by atoms with Gasteiger partial charge >= 0.3 is 12.1 Å². The summed E-state index contributed by atoms with van der Waals surface area (Å²) < 4.78 is 49.2. The summed E-state index contributed by atoms with van der Waals surface area (Å²) in [4.78, 5) is 16.6. The van der Waals surface area contributed by atoms with Gasteiger partial charge in [-0.2, -0.15) is 13.2 Å². The summed E-state index contributed by atoms with van der Waals surface area (Å²) in [5.74, 6) is -0.580. The Hall–Kier alpha value is -3.03. The van der Waals surface area contributed by atoms with E-state index in [4.69, 9.17) is 14.3 Å². The van der Waals surface area contributed by atoms with Gasteiger partial charge in [-0.05, 0) is 41.9 Å². The molecule has 0 aromatic heterocycles. The normalized spacial score (nSPS) is 11.8. The zero-order valence-electron chi connectivity index (χ0n) is 14.7. The highest BCUT2D eigenvalue weighted by Crippen LogP contribution is 2.31. The zero-order chi connectivity index (χ0) is 19.9. The Morgan fingerprint density at radius 3 is 2.52 bits per heavy atom. The average molecular weight is 381 g/mol. The van der Waals surface area contributed by atoms with Crippen LogP contribution in [-0.4, -0.2) is 25.6 Å². The first kappa shape index (κ1) is 20.3. The minimum absolute atomic E-state index is 0.0430.